The Morgan fingerprint density at radius 1 is 1.16 bits per heavy atom. The quantitative estimate of drug-likeness (QED) is 0.474. The summed E-state index contributed by atoms with van der Waals surface area (Å²) in [5.41, 5.74) is 1.94. The van der Waals surface area contributed by atoms with E-state index in [-0.39, 0.29) is 17.9 Å². The number of aromatic nitrogens is 5. The molecule has 4 aromatic rings. The zero-order chi connectivity index (χ0) is 22.0. The molecule has 0 saturated carbocycles. The van der Waals surface area contributed by atoms with Crippen LogP contribution >= 0.6 is 0 Å². The predicted octanol–water partition coefficient (Wildman–Crippen LogP) is 3.42. The van der Waals surface area contributed by atoms with E-state index in [0.717, 1.165) is 6.20 Å². The minimum absolute atomic E-state index is 0.224. The number of nitrogens with zero attached hydrogens (tertiary/aromatic N) is 5. The summed E-state index contributed by atoms with van der Waals surface area (Å²) in [4.78, 5) is 28.7. The van der Waals surface area contributed by atoms with Crippen LogP contribution in [0.1, 0.15) is 34.3 Å². The van der Waals surface area contributed by atoms with Crippen molar-refractivity contribution in [3.05, 3.63) is 66.2 Å². The van der Waals surface area contributed by atoms with Crippen molar-refractivity contribution in [1.82, 2.24) is 24.4 Å². The van der Waals surface area contributed by atoms with Crippen LogP contribution in [0.3, 0.4) is 0 Å². The fourth-order valence-corrected chi connectivity index (χ4v) is 3.06. The maximum Gasteiger partial charge on any atom is 0.343 e. The molecular weight excluding hydrogens is 410 g/mol. The van der Waals surface area contributed by atoms with Crippen molar-refractivity contribution in [3.8, 4) is 11.3 Å². The number of benzene rings is 1. The molecule has 0 bridgehead atoms. The van der Waals surface area contributed by atoms with Gasteiger partial charge in [0.1, 0.15) is 11.3 Å². The molecule has 0 saturated heterocycles. The Morgan fingerprint density at radius 3 is 2.77 bits per heavy atom. The fraction of sp³-hybridized carbons (Fsp3) is 0.150. The molecule has 1 amide bonds. The topological polar surface area (TPSA) is 103 Å². The predicted molar refractivity (Wildman–Crippen MR) is 106 cm³/mol. The standard InChI is InChI=1S/C20H16F2N6O3/c1-2-31-19(30)14-11-25-27-15(6-8-23-17(14)27)12-4-3-5-13(10-12)26-18(29)16-7-9-24-28(16)20(21)22/h3-11,20H,2H2,1H3,(H,26,29). The van der Waals surface area contributed by atoms with Gasteiger partial charge in [-0.3, -0.25) is 4.79 Å². The lowest BCUT2D eigenvalue weighted by molar-refractivity contribution is 0.0519. The van der Waals surface area contributed by atoms with Crippen LogP contribution in [0.4, 0.5) is 14.5 Å². The number of hydrogen-bond acceptors (Lipinski definition) is 6. The minimum atomic E-state index is -2.93. The molecule has 0 spiro atoms. The number of fused-ring (bicyclic) bond motifs is 1. The Labute approximate surface area is 174 Å². The highest BCUT2D eigenvalue weighted by Crippen LogP contribution is 2.24. The lowest BCUT2D eigenvalue weighted by Crippen LogP contribution is -2.18. The highest BCUT2D eigenvalue weighted by Gasteiger charge is 2.19. The monoisotopic (exact) mass is 426 g/mol. The van der Waals surface area contributed by atoms with Gasteiger partial charge in [-0.15, -0.1) is 0 Å². The van der Waals surface area contributed by atoms with E-state index in [1.807, 2.05) is 0 Å². The first-order chi connectivity index (χ1) is 15.0. The molecule has 3 heterocycles. The van der Waals surface area contributed by atoms with Crippen molar-refractivity contribution in [3.63, 3.8) is 0 Å². The number of hydrogen-bond donors (Lipinski definition) is 1. The number of halogens is 2. The summed E-state index contributed by atoms with van der Waals surface area (Å²) in [6.07, 6.45) is 4.03. The van der Waals surface area contributed by atoms with Crippen LogP contribution in [0.2, 0.25) is 0 Å². The summed E-state index contributed by atoms with van der Waals surface area (Å²) in [5, 5.41) is 10.3. The Hall–Kier alpha value is -4.15. The van der Waals surface area contributed by atoms with Crippen molar-refractivity contribution in [2.45, 2.75) is 13.5 Å². The molecule has 0 atom stereocenters. The lowest BCUT2D eigenvalue weighted by Gasteiger charge is -2.10. The third kappa shape index (κ3) is 3.84. The highest BCUT2D eigenvalue weighted by molar-refractivity contribution is 6.03. The molecule has 0 aliphatic rings. The zero-order valence-corrected chi connectivity index (χ0v) is 16.2. The molecule has 31 heavy (non-hydrogen) atoms. The fourth-order valence-electron chi connectivity index (χ4n) is 3.06. The van der Waals surface area contributed by atoms with Crippen molar-refractivity contribution in [2.75, 3.05) is 11.9 Å². The number of nitrogens with one attached hydrogen (secondary N) is 1. The molecule has 0 fully saturated rings. The number of carbonyl (C=O) groups is 2. The van der Waals surface area contributed by atoms with Crippen LogP contribution in [0.5, 0.6) is 0 Å². The number of amides is 1. The molecular formula is C20H16F2N6O3. The van der Waals surface area contributed by atoms with Crippen LogP contribution in [-0.4, -0.2) is 42.9 Å². The van der Waals surface area contributed by atoms with Gasteiger partial charge in [0.25, 0.3) is 5.91 Å². The van der Waals surface area contributed by atoms with E-state index in [1.54, 1.807) is 37.3 Å². The average Bonchev–Trinajstić information content (AvgIpc) is 3.41. The smallest absolute Gasteiger partial charge is 0.343 e. The molecule has 1 aromatic carbocycles. The Bertz CT molecular complexity index is 1270. The van der Waals surface area contributed by atoms with Gasteiger partial charge in [0.05, 0.1) is 18.5 Å². The van der Waals surface area contributed by atoms with E-state index in [2.05, 4.69) is 20.5 Å². The third-order valence-electron chi connectivity index (χ3n) is 4.40. The molecule has 11 heteroatoms. The van der Waals surface area contributed by atoms with E-state index in [1.165, 1.54) is 23.0 Å². The lowest BCUT2D eigenvalue weighted by atomic mass is 10.1. The molecule has 0 unspecified atom stereocenters. The summed E-state index contributed by atoms with van der Waals surface area (Å²) in [6.45, 7) is -1.00. The van der Waals surface area contributed by atoms with E-state index in [9.17, 15) is 18.4 Å². The zero-order valence-electron chi connectivity index (χ0n) is 16.2. The Kier molecular flexibility index (Phi) is 5.39. The second-order valence-electron chi connectivity index (χ2n) is 6.32. The first-order valence-corrected chi connectivity index (χ1v) is 9.23. The first-order valence-electron chi connectivity index (χ1n) is 9.23. The molecule has 0 aliphatic heterocycles. The Morgan fingerprint density at radius 2 is 2.00 bits per heavy atom. The van der Waals surface area contributed by atoms with Crippen LogP contribution < -0.4 is 5.32 Å². The molecule has 9 nitrogen and oxygen atoms in total. The SMILES string of the molecule is CCOC(=O)c1cnn2c(-c3cccc(NC(=O)c4ccnn4C(F)F)c3)ccnc12. The van der Waals surface area contributed by atoms with Crippen LogP contribution in [0.15, 0.2) is 55.0 Å². The van der Waals surface area contributed by atoms with Crippen molar-refractivity contribution < 1.29 is 23.1 Å². The van der Waals surface area contributed by atoms with E-state index in [0.29, 0.717) is 27.3 Å². The van der Waals surface area contributed by atoms with Crippen molar-refractivity contribution in [1.29, 1.82) is 0 Å². The van der Waals surface area contributed by atoms with Gasteiger partial charge in [-0.25, -0.2) is 14.3 Å². The first kappa shape index (κ1) is 20.1. The summed E-state index contributed by atoms with van der Waals surface area (Å²) >= 11 is 0. The normalized spacial score (nSPS) is 11.1. The molecule has 1 N–H and O–H groups in total. The molecule has 4 rings (SSSR count). The highest BCUT2D eigenvalue weighted by atomic mass is 19.3. The maximum absolute atomic E-state index is 13.0. The second-order valence-corrected chi connectivity index (χ2v) is 6.32. The van der Waals surface area contributed by atoms with Gasteiger partial charge in [-0.1, -0.05) is 12.1 Å². The number of rotatable bonds is 6. The Balaban J connectivity index is 1.66. The largest absolute Gasteiger partial charge is 0.462 e. The third-order valence-corrected chi connectivity index (χ3v) is 4.40. The van der Waals surface area contributed by atoms with Crippen LogP contribution in [-0.2, 0) is 4.74 Å². The van der Waals surface area contributed by atoms with E-state index < -0.39 is 18.4 Å². The van der Waals surface area contributed by atoms with Gasteiger partial charge in [0, 0.05) is 23.6 Å². The summed E-state index contributed by atoms with van der Waals surface area (Å²) < 4.78 is 32.8. The van der Waals surface area contributed by atoms with Gasteiger partial charge in [0.2, 0.25) is 0 Å². The summed E-state index contributed by atoms with van der Waals surface area (Å²) in [5.74, 6) is -1.25. The maximum atomic E-state index is 13.0. The van der Waals surface area contributed by atoms with Crippen molar-refractivity contribution in [2.24, 2.45) is 0 Å². The molecule has 158 valence electrons. The molecule has 0 radical (unpaired) electrons. The molecule has 3 aromatic heterocycles. The number of carbonyl (C=O) groups excluding carboxylic acids is 2. The number of alkyl halides is 2. The van der Waals surface area contributed by atoms with Crippen LogP contribution in [0.25, 0.3) is 16.9 Å². The summed E-state index contributed by atoms with van der Waals surface area (Å²) in [6, 6.07) is 9.65. The molecule has 0 aliphatic carbocycles. The van der Waals surface area contributed by atoms with Crippen LogP contribution in [0, 0.1) is 0 Å². The second kappa shape index (κ2) is 8.30. The minimum Gasteiger partial charge on any atom is -0.462 e. The van der Waals surface area contributed by atoms with Gasteiger partial charge < -0.3 is 10.1 Å². The van der Waals surface area contributed by atoms with Crippen molar-refractivity contribution >= 4 is 23.2 Å². The van der Waals surface area contributed by atoms with E-state index in [4.69, 9.17) is 4.74 Å². The summed E-state index contributed by atoms with van der Waals surface area (Å²) in [7, 11) is 0. The number of anilines is 1. The van der Waals surface area contributed by atoms with Gasteiger partial charge in [0.15, 0.2) is 5.65 Å². The number of ether oxygens (including phenoxy) is 1. The number of esters is 1. The van der Waals surface area contributed by atoms with E-state index >= 15 is 0 Å². The van der Waals surface area contributed by atoms with Gasteiger partial charge >= 0.3 is 12.5 Å². The average molecular weight is 426 g/mol. The van der Waals surface area contributed by atoms with Gasteiger partial charge in [-0.2, -0.15) is 23.7 Å². The van der Waals surface area contributed by atoms with Gasteiger partial charge in [-0.05, 0) is 31.2 Å².